The molecule has 1 aromatic carbocycles. The second-order valence-corrected chi connectivity index (χ2v) is 6.35. The predicted molar refractivity (Wildman–Crippen MR) is 84.8 cm³/mol. The number of aliphatic hydroxyl groups excluding tert-OH is 2. The fourth-order valence-corrected chi connectivity index (χ4v) is 3.68. The number of hydrogen-bond donors (Lipinski definition) is 2. The van der Waals surface area contributed by atoms with Gasteiger partial charge in [-0.25, -0.2) is 4.68 Å². The van der Waals surface area contributed by atoms with Gasteiger partial charge in [0, 0.05) is 17.2 Å². The normalized spacial score (nSPS) is 15.1. The molecule has 0 fully saturated rings. The van der Waals surface area contributed by atoms with Crippen molar-refractivity contribution in [2.24, 2.45) is 0 Å². The minimum atomic E-state index is -0.640. The maximum absolute atomic E-state index is 9.42. The van der Waals surface area contributed by atoms with E-state index >= 15 is 0 Å². The molecule has 0 saturated heterocycles. The van der Waals surface area contributed by atoms with E-state index in [4.69, 9.17) is 10.2 Å². The molecule has 0 saturated carbocycles. The van der Waals surface area contributed by atoms with Gasteiger partial charge in [-0.1, -0.05) is 18.2 Å². The molecule has 3 rings (SSSR count). The lowest BCUT2D eigenvalue weighted by atomic mass is 10.2. The lowest BCUT2D eigenvalue weighted by Crippen LogP contribution is -2.14. The maximum atomic E-state index is 9.42. The summed E-state index contributed by atoms with van der Waals surface area (Å²) in [6, 6.07) is 10.2. The molecule has 1 heterocycles. The van der Waals surface area contributed by atoms with Gasteiger partial charge >= 0.3 is 0 Å². The fraction of sp³-hybridized carbons (Fsp3) is 0.438. The van der Waals surface area contributed by atoms with Crippen molar-refractivity contribution in [3.63, 3.8) is 0 Å². The van der Waals surface area contributed by atoms with E-state index in [1.807, 2.05) is 18.2 Å². The average Bonchev–Trinajstić information content (AvgIpc) is 3.11. The number of aromatic nitrogens is 2. The first-order chi connectivity index (χ1) is 10.3. The molecule has 1 aliphatic rings. The van der Waals surface area contributed by atoms with Crippen LogP contribution in [0.15, 0.2) is 30.3 Å². The van der Waals surface area contributed by atoms with E-state index < -0.39 is 6.10 Å². The second-order valence-electron chi connectivity index (χ2n) is 5.32. The van der Waals surface area contributed by atoms with Crippen molar-refractivity contribution in [1.29, 1.82) is 0 Å². The van der Waals surface area contributed by atoms with Crippen molar-refractivity contribution in [3.05, 3.63) is 47.3 Å². The molecular weight excluding hydrogens is 284 g/mol. The highest BCUT2D eigenvalue weighted by atomic mass is 32.2. The molecule has 2 aromatic rings. The van der Waals surface area contributed by atoms with Crippen molar-refractivity contribution >= 4 is 11.8 Å². The van der Waals surface area contributed by atoms with Crippen LogP contribution in [0, 0.1) is 0 Å². The Balaban J connectivity index is 1.80. The Morgan fingerprint density at radius 1 is 1.24 bits per heavy atom. The van der Waals surface area contributed by atoms with Crippen LogP contribution in [0.3, 0.4) is 0 Å². The standard InChI is InChI=1S/C16H20N2O2S/c19-9-13(20)10-21-11-15-14-7-4-8-16(14)18(17-15)12-5-2-1-3-6-12/h1-3,5-6,13,19-20H,4,7-11H2/t13-/m1/s1. The molecule has 2 N–H and O–H groups in total. The summed E-state index contributed by atoms with van der Waals surface area (Å²) in [6.07, 6.45) is 2.73. The molecule has 1 aromatic heterocycles. The van der Waals surface area contributed by atoms with Gasteiger partial charge in [-0.05, 0) is 37.0 Å². The molecule has 0 radical (unpaired) electrons. The number of rotatable bonds is 6. The third kappa shape index (κ3) is 3.15. The third-order valence-electron chi connectivity index (χ3n) is 3.77. The largest absolute Gasteiger partial charge is 0.394 e. The van der Waals surface area contributed by atoms with E-state index in [0.29, 0.717) is 5.75 Å². The van der Waals surface area contributed by atoms with Crippen molar-refractivity contribution in [3.8, 4) is 5.69 Å². The number of benzene rings is 1. The summed E-state index contributed by atoms with van der Waals surface area (Å²) in [5.41, 5.74) is 4.95. The number of aliphatic hydroxyl groups is 2. The zero-order valence-corrected chi connectivity index (χ0v) is 12.7. The summed E-state index contributed by atoms with van der Waals surface area (Å²) < 4.78 is 2.07. The van der Waals surface area contributed by atoms with Crippen LogP contribution < -0.4 is 0 Å². The molecule has 1 aliphatic carbocycles. The smallest absolute Gasteiger partial charge is 0.0861 e. The van der Waals surface area contributed by atoms with Crippen LogP contribution in [0.25, 0.3) is 5.69 Å². The molecule has 0 amide bonds. The Kier molecular flexibility index (Phi) is 4.63. The maximum Gasteiger partial charge on any atom is 0.0861 e. The van der Waals surface area contributed by atoms with Gasteiger partial charge < -0.3 is 10.2 Å². The van der Waals surface area contributed by atoms with E-state index in [1.54, 1.807) is 11.8 Å². The van der Waals surface area contributed by atoms with Gasteiger partial charge in [-0.3, -0.25) is 0 Å². The zero-order chi connectivity index (χ0) is 14.7. The Labute approximate surface area is 128 Å². The fourth-order valence-electron chi connectivity index (χ4n) is 2.76. The van der Waals surface area contributed by atoms with Crippen LogP contribution in [0.1, 0.15) is 23.4 Å². The van der Waals surface area contributed by atoms with Crippen molar-refractivity contribution < 1.29 is 10.2 Å². The molecule has 21 heavy (non-hydrogen) atoms. The molecule has 0 spiro atoms. The van der Waals surface area contributed by atoms with Gasteiger partial charge in [-0.2, -0.15) is 16.9 Å². The summed E-state index contributed by atoms with van der Waals surface area (Å²) >= 11 is 1.63. The Bertz CT molecular complexity index is 598. The van der Waals surface area contributed by atoms with Crippen LogP contribution in [-0.4, -0.2) is 38.5 Å². The lowest BCUT2D eigenvalue weighted by Gasteiger charge is -2.06. The van der Waals surface area contributed by atoms with Gasteiger partial charge in [-0.15, -0.1) is 0 Å². The van der Waals surface area contributed by atoms with Crippen molar-refractivity contribution in [2.75, 3.05) is 12.4 Å². The van der Waals surface area contributed by atoms with E-state index in [0.717, 1.165) is 30.0 Å². The number of thioether (sulfide) groups is 1. The molecule has 5 heteroatoms. The molecule has 0 unspecified atom stereocenters. The summed E-state index contributed by atoms with van der Waals surface area (Å²) in [7, 11) is 0. The lowest BCUT2D eigenvalue weighted by molar-refractivity contribution is 0.113. The Hall–Kier alpha value is -1.30. The van der Waals surface area contributed by atoms with Gasteiger partial charge in [0.2, 0.25) is 0 Å². The minimum absolute atomic E-state index is 0.177. The number of nitrogens with zero attached hydrogens (tertiary/aromatic N) is 2. The average molecular weight is 304 g/mol. The highest BCUT2D eigenvalue weighted by Crippen LogP contribution is 2.29. The van der Waals surface area contributed by atoms with Gasteiger partial charge in [0.05, 0.1) is 24.1 Å². The van der Waals surface area contributed by atoms with Crippen molar-refractivity contribution in [1.82, 2.24) is 9.78 Å². The van der Waals surface area contributed by atoms with Crippen molar-refractivity contribution in [2.45, 2.75) is 31.1 Å². The zero-order valence-electron chi connectivity index (χ0n) is 11.9. The van der Waals surface area contributed by atoms with Crippen LogP contribution in [0.4, 0.5) is 0 Å². The number of hydrogen-bond acceptors (Lipinski definition) is 4. The van der Waals surface area contributed by atoms with Crippen LogP contribution in [-0.2, 0) is 18.6 Å². The molecule has 112 valence electrons. The van der Waals surface area contributed by atoms with Crippen LogP contribution in [0.2, 0.25) is 0 Å². The number of para-hydroxylation sites is 1. The van der Waals surface area contributed by atoms with Crippen LogP contribution >= 0.6 is 11.8 Å². The van der Waals surface area contributed by atoms with E-state index in [2.05, 4.69) is 16.8 Å². The predicted octanol–water partition coefficient (Wildman–Crippen LogP) is 1.95. The Morgan fingerprint density at radius 3 is 2.81 bits per heavy atom. The van der Waals surface area contributed by atoms with E-state index in [1.165, 1.54) is 17.7 Å². The summed E-state index contributed by atoms with van der Waals surface area (Å²) in [5.74, 6) is 1.34. The van der Waals surface area contributed by atoms with E-state index in [-0.39, 0.29) is 6.61 Å². The molecular formula is C16H20N2O2S. The molecule has 1 atom stereocenters. The first kappa shape index (κ1) is 14.6. The van der Waals surface area contributed by atoms with Gasteiger partial charge in [0.15, 0.2) is 0 Å². The second kappa shape index (κ2) is 6.64. The first-order valence-electron chi connectivity index (χ1n) is 7.31. The topological polar surface area (TPSA) is 58.3 Å². The minimum Gasteiger partial charge on any atom is -0.394 e. The van der Waals surface area contributed by atoms with E-state index in [9.17, 15) is 5.11 Å². The van der Waals surface area contributed by atoms with Crippen LogP contribution in [0.5, 0.6) is 0 Å². The van der Waals surface area contributed by atoms with Gasteiger partial charge in [0.1, 0.15) is 0 Å². The quantitative estimate of drug-likeness (QED) is 0.856. The monoisotopic (exact) mass is 304 g/mol. The Morgan fingerprint density at radius 2 is 2.05 bits per heavy atom. The first-order valence-corrected chi connectivity index (χ1v) is 8.47. The van der Waals surface area contributed by atoms with Gasteiger partial charge in [0.25, 0.3) is 0 Å². The highest BCUT2D eigenvalue weighted by Gasteiger charge is 2.22. The number of fused-ring (bicyclic) bond motifs is 1. The molecule has 4 nitrogen and oxygen atoms in total. The summed E-state index contributed by atoms with van der Waals surface area (Å²) in [5, 5.41) is 23.0. The molecule has 0 bridgehead atoms. The highest BCUT2D eigenvalue weighted by molar-refractivity contribution is 7.98. The molecule has 0 aliphatic heterocycles. The third-order valence-corrected chi connectivity index (χ3v) is 4.87. The SMILES string of the molecule is OC[C@@H](O)CSCc1nn(-c2ccccc2)c2c1CCC2. The summed E-state index contributed by atoms with van der Waals surface area (Å²) in [6.45, 7) is -0.177. The summed E-state index contributed by atoms with van der Waals surface area (Å²) in [4.78, 5) is 0.